The summed E-state index contributed by atoms with van der Waals surface area (Å²) in [6, 6.07) is 0. The number of hydrogen-bond donors (Lipinski definition) is 3. The highest BCUT2D eigenvalue weighted by Crippen LogP contribution is 2.40. The zero-order chi connectivity index (χ0) is 14.1. The highest BCUT2D eigenvalue weighted by molar-refractivity contribution is 5.69. The molecule has 1 saturated carbocycles. The van der Waals surface area contributed by atoms with Gasteiger partial charge in [-0.05, 0) is 33.6 Å². The van der Waals surface area contributed by atoms with Crippen molar-refractivity contribution >= 4 is 11.8 Å². The van der Waals surface area contributed by atoms with Crippen LogP contribution >= 0.6 is 0 Å². The first-order valence-corrected chi connectivity index (χ1v) is 6.63. The lowest BCUT2D eigenvalue weighted by atomic mass is 9.92. The molecular weight excluding hydrogens is 244 g/mol. The topological polar surface area (TPSA) is 93.0 Å². The summed E-state index contributed by atoms with van der Waals surface area (Å²) in [4.78, 5) is 12.0. The fourth-order valence-corrected chi connectivity index (χ4v) is 2.59. The van der Waals surface area contributed by atoms with Crippen LogP contribution < -0.4 is 11.1 Å². The Balaban J connectivity index is 2.18. The Morgan fingerprint density at radius 2 is 2.11 bits per heavy atom. The van der Waals surface area contributed by atoms with Crippen molar-refractivity contribution in [2.45, 2.75) is 57.6 Å². The summed E-state index contributed by atoms with van der Waals surface area (Å²) in [5, 5.41) is 9.84. The molecule has 0 unspecified atom stereocenters. The molecule has 1 aromatic rings. The second kappa shape index (κ2) is 4.75. The lowest BCUT2D eigenvalue weighted by Crippen LogP contribution is -2.46. The van der Waals surface area contributed by atoms with Crippen molar-refractivity contribution in [3.8, 4) is 0 Å². The SMILES string of the molecule is CC(C)(C)OC(=O)NC1(c2[nH]ncc2N)CCCC1. The van der Waals surface area contributed by atoms with Gasteiger partial charge in [-0.3, -0.25) is 5.10 Å². The van der Waals surface area contributed by atoms with E-state index in [1.807, 2.05) is 20.8 Å². The average molecular weight is 266 g/mol. The maximum atomic E-state index is 12.0. The van der Waals surface area contributed by atoms with E-state index in [0.29, 0.717) is 5.69 Å². The number of nitrogens with one attached hydrogen (secondary N) is 2. The first-order chi connectivity index (χ1) is 8.82. The quantitative estimate of drug-likeness (QED) is 0.765. The molecule has 0 saturated heterocycles. The number of anilines is 1. The van der Waals surface area contributed by atoms with E-state index in [1.165, 1.54) is 0 Å². The molecule has 6 nitrogen and oxygen atoms in total. The average Bonchev–Trinajstić information content (AvgIpc) is 2.84. The Bertz CT molecular complexity index is 455. The number of hydrogen-bond acceptors (Lipinski definition) is 4. The fraction of sp³-hybridized carbons (Fsp3) is 0.692. The summed E-state index contributed by atoms with van der Waals surface area (Å²) in [6.07, 6.45) is 4.95. The zero-order valence-electron chi connectivity index (χ0n) is 11.7. The highest BCUT2D eigenvalue weighted by Gasteiger charge is 2.40. The van der Waals surface area contributed by atoms with E-state index in [-0.39, 0.29) is 0 Å². The summed E-state index contributed by atoms with van der Waals surface area (Å²) >= 11 is 0. The lowest BCUT2D eigenvalue weighted by Gasteiger charge is -2.31. The van der Waals surface area contributed by atoms with E-state index in [1.54, 1.807) is 6.20 Å². The van der Waals surface area contributed by atoms with E-state index in [9.17, 15) is 4.79 Å². The molecule has 19 heavy (non-hydrogen) atoms. The van der Waals surface area contributed by atoms with Crippen LogP contribution in [0, 0.1) is 0 Å². The third-order valence-electron chi connectivity index (χ3n) is 3.34. The molecule has 6 heteroatoms. The number of nitrogen functional groups attached to an aromatic ring is 1. The van der Waals surface area contributed by atoms with Crippen LogP contribution in [-0.4, -0.2) is 21.9 Å². The molecule has 0 bridgehead atoms. The zero-order valence-corrected chi connectivity index (χ0v) is 11.7. The molecular formula is C13H22N4O2. The van der Waals surface area contributed by atoms with Crippen LogP contribution in [0.5, 0.6) is 0 Å². The molecule has 1 fully saturated rings. The number of aromatic amines is 1. The van der Waals surface area contributed by atoms with Crippen LogP contribution in [0.3, 0.4) is 0 Å². The molecule has 1 heterocycles. The van der Waals surface area contributed by atoms with Crippen molar-refractivity contribution in [3.05, 3.63) is 11.9 Å². The maximum absolute atomic E-state index is 12.0. The van der Waals surface area contributed by atoms with Gasteiger partial charge in [0.1, 0.15) is 5.60 Å². The molecule has 0 aliphatic heterocycles. The summed E-state index contributed by atoms with van der Waals surface area (Å²) < 4.78 is 5.34. The number of nitrogens with two attached hydrogens (primary N) is 1. The molecule has 4 N–H and O–H groups in total. The highest BCUT2D eigenvalue weighted by atomic mass is 16.6. The second-order valence-electron chi connectivity index (χ2n) is 6.12. The van der Waals surface area contributed by atoms with Crippen molar-refractivity contribution in [3.63, 3.8) is 0 Å². The number of nitrogens with zero attached hydrogens (tertiary/aromatic N) is 1. The molecule has 1 amide bonds. The van der Waals surface area contributed by atoms with Gasteiger partial charge in [-0.15, -0.1) is 0 Å². The molecule has 1 aliphatic rings. The van der Waals surface area contributed by atoms with Gasteiger partial charge in [0, 0.05) is 0 Å². The van der Waals surface area contributed by atoms with Gasteiger partial charge < -0.3 is 15.8 Å². The van der Waals surface area contributed by atoms with Crippen molar-refractivity contribution in [2.24, 2.45) is 0 Å². The Morgan fingerprint density at radius 3 is 2.58 bits per heavy atom. The van der Waals surface area contributed by atoms with Gasteiger partial charge in [-0.25, -0.2) is 4.79 Å². The predicted molar refractivity (Wildman–Crippen MR) is 72.5 cm³/mol. The molecule has 1 aromatic heterocycles. The number of carbonyl (C=O) groups excluding carboxylic acids is 1. The van der Waals surface area contributed by atoms with Gasteiger partial charge in [-0.1, -0.05) is 12.8 Å². The standard InChI is InChI=1S/C13H22N4O2/c1-12(2,3)19-11(18)16-13(6-4-5-7-13)10-9(14)8-15-17-10/h8H,4-7,14H2,1-3H3,(H,15,17)(H,16,18). The Labute approximate surface area is 113 Å². The minimum absolute atomic E-state index is 0.414. The van der Waals surface area contributed by atoms with Gasteiger partial charge in [0.05, 0.1) is 23.1 Å². The smallest absolute Gasteiger partial charge is 0.408 e. The molecule has 0 radical (unpaired) electrons. The van der Waals surface area contributed by atoms with Crippen LogP contribution in [0.1, 0.15) is 52.1 Å². The van der Waals surface area contributed by atoms with Crippen molar-refractivity contribution in [1.29, 1.82) is 0 Å². The fourth-order valence-electron chi connectivity index (χ4n) is 2.59. The monoisotopic (exact) mass is 266 g/mol. The van der Waals surface area contributed by atoms with Crippen LogP contribution in [0.25, 0.3) is 0 Å². The van der Waals surface area contributed by atoms with E-state index < -0.39 is 17.2 Å². The Hall–Kier alpha value is -1.72. The normalized spacial score (nSPS) is 18.3. The van der Waals surface area contributed by atoms with Crippen molar-refractivity contribution in [1.82, 2.24) is 15.5 Å². The molecule has 2 rings (SSSR count). The molecule has 1 aliphatic carbocycles. The molecule has 0 aromatic carbocycles. The second-order valence-corrected chi connectivity index (χ2v) is 6.12. The number of alkyl carbamates (subject to hydrolysis) is 1. The van der Waals surface area contributed by atoms with E-state index in [2.05, 4.69) is 15.5 Å². The minimum atomic E-state index is -0.511. The van der Waals surface area contributed by atoms with Crippen molar-refractivity contribution in [2.75, 3.05) is 5.73 Å². The van der Waals surface area contributed by atoms with Crippen LogP contribution in [0.2, 0.25) is 0 Å². The Morgan fingerprint density at radius 1 is 1.47 bits per heavy atom. The summed E-state index contributed by atoms with van der Waals surface area (Å²) in [5.41, 5.74) is 6.31. The van der Waals surface area contributed by atoms with Gasteiger partial charge in [0.2, 0.25) is 0 Å². The van der Waals surface area contributed by atoms with Gasteiger partial charge in [-0.2, -0.15) is 5.10 Å². The van der Waals surface area contributed by atoms with Crippen LogP contribution in [-0.2, 0) is 10.3 Å². The summed E-state index contributed by atoms with van der Waals surface area (Å²) in [6.45, 7) is 5.54. The summed E-state index contributed by atoms with van der Waals surface area (Å²) in [5.74, 6) is 0. The number of carbonyl (C=O) groups is 1. The van der Waals surface area contributed by atoms with Crippen molar-refractivity contribution < 1.29 is 9.53 Å². The lowest BCUT2D eigenvalue weighted by molar-refractivity contribution is 0.0451. The van der Waals surface area contributed by atoms with Crippen LogP contribution in [0.15, 0.2) is 6.20 Å². The number of aromatic nitrogens is 2. The minimum Gasteiger partial charge on any atom is -0.444 e. The van der Waals surface area contributed by atoms with E-state index in [4.69, 9.17) is 10.5 Å². The number of H-pyrrole nitrogens is 1. The first-order valence-electron chi connectivity index (χ1n) is 6.63. The van der Waals surface area contributed by atoms with Gasteiger partial charge >= 0.3 is 6.09 Å². The van der Waals surface area contributed by atoms with Gasteiger partial charge in [0.15, 0.2) is 0 Å². The first kappa shape index (κ1) is 13.7. The molecule has 0 spiro atoms. The largest absolute Gasteiger partial charge is 0.444 e. The number of rotatable bonds is 2. The van der Waals surface area contributed by atoms with Crippen LogP contribution in [0.4, 0.5) is 10.5 Å². The summed E-state index contributed by atoms with van der Waals surface area (Å²) in [7, 11) is 0. The van der Waals surface area contributed by atoms with E-state index in [0.717, 1.165) is 31.4 Å². The maximum Gasteiger partial charge on any atom is 0.408 e. The molecule has 0 atom stereocenters. The third-order valence-corrected chi connectivity index (χ3v) is 3.34. The third kappa shape index (κ3) is 3.00. The van der Waals surface area contributed by atoms with E-state index >= 15 is 0 Å². The molecule has 106 valence electrons. The Kier molecular flexibility index (Phi) is 3.43. The number of ether oxygens (including phenoxy) is 1. The predicted octanol–water partition coefficient (Wildman–Crippen LogP) is 2.29. The number of amides is 1. The van der Waals surface area contributed by atoms with Gasteiger partial charge in [0.25, 0.3) is 0 Å².